The molecule has 0 saturated heterocycles. The molecule has 0 amide bonds. The van der Waals surface area contributed by atoms with Gasteiger partial charge in [0.1, 0.15) is 11.4 Å². The van der Waals surface area contributed by atoms with Crippen molar-refractivity contribution < 1.29 is 4.74 Å². The van der Waals surface area contributed by atoms with Gasteiger partial charge in [-0.05, 0) is 19.8 Å². The van der Waals surface area contributed by atoms with Gasteiger partial charge in [0.15, 0.2) is 5.82 Å². The number of anilines is 1. The number of hydrogen-bond acceptors (Lipinski definition) is 4. The molecule has 118 valence electrons. The van der Waals surface area contributed by atoms with E-state index < -0.39 is 0 Å². The quantitative estimate of drug-likeness (QED) is 0.910. The Balaban J connectivity index is 2.49. The highest BCUT2D eigenvalue weighted by atomic mass is 16.5. The highest BCUT2D eigenvalue weighted by molar-refractivity contribution is 5.38. The summed E-state index contributed by atoms with van der Waals surface area (Å²) < 4.78 is 6.17. The summed E-state index contributed by atoms with van der Waals surface area (Å²) in [5.41, 5.74) is 0.784. The molecule has 0 radical (unpaired) electrons. The van der Waals surface area contributed by atoms with E-state index in [2.05, 4.69) is 33.0 Å². The molecule has 1 aromatic rings. The molecule has 1 saturated carbocycles. The van der Waals surface area contributed by atoms with Crippen LogP contribution in [0, 0.1) is 0 Å². The van der Waals surface area contributed by atoms with Gasteiger partial charge >= 0.3 is 0 Å². The van der Waals surface area contributed by atoms with Crippen molar-refractivity contribution in [3.63, 3.8) is 0 Å². The predicted molar refractivity (Wildman–Crippen MR) is 86.7 cm³/mol. The highest BCUT2D eigenvalue weighted by Crippen LogP contribution is 2.40. The lowest BCUT2D eigenvalue weighted by Gasteiger charge is -2.36. The Morgan fingerprint density at radius 2 is 1.86 bits per heavy atom. The van der Waals surface area contributed by atoms with Crippen LogP contribution in [0.5, 0.6) is 0 Å². The maximum Gasteiger partial charge on any atom is 0.162 e. The zero-order valence-electron chi connectivity index (χ0n) is 14.1. The standard InChI is InChI=1S/C17H29N3O/c1-6-21-17(10-8-7-9-11-17)15-19-13(16(2,3)4)12-14(18-5)20-15/h12H,6-11H2,1-5H3,(H,18,19,20). The molecule has 1 heterocycles. The minimum absolute atomic E-state index is 0.00532. The SMILES string of the molecule is CCOC1(c2nc(NC)cc(C(C)(C)C)n2)CCCCC1. The van der Waals surface area contributed by atoms with Crippen LogP contribution < -0.4 is 5.32 Å². The van der Waals surface area contributed by atoms with E-state index in [0.29, 0.717) is 6.61 Å². The van der Waals surface area contributed by atoms with Gasteiger partial charge in [0.2, 0.25) is 0 Å². The first-order valence-corrected chi connectivity index (χ1v) is 8.13. The Kier molecular flexibility index (Phi) is 4.87. The smallest absolute Gasteiger partial charge is 0.162 e. The Hall–Kier alpha value is -1.16. The third kappa shape index (κ3) is 3.54. The Labute approximate surface area is 128 Å². The topological polar surface area (TPSA) is 47.0 Å². The van der Waals surface area contributed by atoms with E-state index in [4.69, 9.17) is 14.7 Å². The van der Waals surface area contributed by atoms with E-state index in [-0.39, 0.29) is 11.0 Å². The van der Waals surface area contributed by atoms with Crippen molar-refractivity contribution in [3.05, 3.63) is 17.6 Å². The molecular formula is C17H29N3O. The van der Waals surface area contributed by atoms with Crippen molar-refractivity contribution in [3.8, 4) is 0 Å². The number of ether oxygens (including phenoxy) is 1. The molecule has 0 spiro atoms. The summed E-state index contributed by atoms with van der Waals surface area (Å²) >= 11 is 0. The Morgan fingerprint density at radius 3 is 2.38 bits per heavy atom. The summed E-state index contributed by atoms with van der Waals surface area (Å²) in [6.07, 6.45) is 5.72. The Morgan fingerprint density at radius 1 is 1.19 bits per heavy atom. The molecule has 0 bridgehead atoms. The summed E-state index contributed by atoms with van der Waals surface area (Å²) in [7, 11) is 1.91. The van der Waals surface area contributed by atoms with E-state index in [1.807, 2.05) is 13.1 Å². The van der Waals surface area contributed by atoms with Crippen LogP contribution in [0.1, 0.15) is 71.3 Å². The lowest BCUT2D eigenvalue weighted by atomic mass is 9.83. The second-order valence-electron chi connectivity index (χ2n) is 6.95. The molecule has 1 fully saturated rings. The fourth-order valence-corrected chi connectivity index (χ4v) is 2.99. The zero-order chi connectivity index (χ0) is 15.5. The van der Waals surface area contributed by atoms with E-state index >= 15 is 0 Å². The van der Waals surface area contributed by atoms with Crippen molar-refractivity contribution in [2.75, 3.05) is 19.0 Å². The first kappa shape index (κ1) is 16.2. The van der Waals surface area contributed by atoms with Crippen LogP contribution in [0.15, 0.2) is 6.07 Å². The average Bonchev–Trinajstić information content (AvgIpc) is 2.47. The maximum atomic E-state index is 6.17. The minimum Gasteiger partial charge on any atom is -0.373 e. The number of rotatable bonds is 4. The van der Waals surface area contributed by atoms with Gasteiger partial charge < -0.3 is 10.1 Å². The molecule has 0 aliphatic heterocycles. The van der Waals surface area contributed by atoms with Gasteiger partial charge in [-0.15, -0.1) is 0 Å². The van der Waals surface area contributed by atoms with Crippen molar-refractivity contribution >= 4 is 5.82 Å². The number of aromatic nitrogens is 2. The molecule has 21 heavy (non-hydrogen) atoms. The summed E-state index contributed by atoms with van der Waals surface area (Å²) in [5, 5.41) is 3.17. The lowest BCUT2D eigenvalue weighted by Crippen LogP contribution is -2.35. The van der Waals surface area contributed by atoms with Crippen LogP contribution in [-0.4, -0.2) is 23.6 Å². The maximum absolute atomic E-state index is 6.17. The zero-order valence-corrected chi connectivity index (χ0v) is 14.1. The Bertz CT molecular complexity index is 468. The van der Waals surface area contributed by atoms with Gasteiger partial charge in [-0.3, -0.25) is 0 Å². The van der Waals surface area contributed by atoms with Gasteiger partial charge in [-0.25, -0.2) is 9.97 Å². The largest absolute Gasteiger partial charge is 0.373 e. The van der Waals surface area contributed by atoms with Gasteiger partial charge in [-0.2, -0.15) is 0 Å². The first-order valence-electron chi connectivity index (χ1n) is 8.13. The summed E-state index contributed by atoms with van der Waals surface area (Å²) in [4.78, 5) is 9.62. The summed E-state index contributed by atoms with van der Waals surface area (Å²) in [6, 6.07) is 2.05. The third-order valence-corrected chi connectivity index (χ3v) is 4.24. The molecule has 1 N–H and O–H groups in total. The molecule has 4 heteroatoms. The first-order chi connectivity index (χ1) is 9.91. The number of nitrogens with one attached hydrogen (secondary N) is 1. The van der Waals surface area contributed by atoms with E-state index in [9.17, 15) is 0 Å². The summed E-state index contributed by atoms with van der Waals surface area (Å²) in [6.45, 7) is 9.33. The molecule has 2 rings (SSSR count). The minimum atomic E-state index is -0.292. The second kappa shape index (κ2) is 6.30. The molecule has 0 aromatic carbocycles. The fourth-order valence-electron chi connectivity index (χ4n) is 2.99. The van der Waals surface area contributed by atoms with Crippen LogP contribution in [0.3, 0.4) is 0 Å². The lowest BCUT2D eigenvalue weighted by molar-refractivity contribution is -0.0768. The molecule has 1 aromatic heterocycles. The van der Waals surface area contributed by atoms with Crippen LogP contribution in [0.25, 0.3) is 0 Å². The van der Waals surface area contributed by atoms with E-state index in [0.717, 1.165) is 30.2 Å². The predicted octanol–water partition coefficient (Wildman–Crippen LogP) is 4.01. The average molecular weight is 291 g/mol. The fraction of sp³-hybridized carbons (Fsp3) is 0.765. The number of nitrogens with zero attached hydrogens (tertiary/aromatic N) is 2. The van der Waals surface area contributed by atoms with Gasteiger partial charge in [-0.1, -0.05) is 40.0 Å². The molecule has 0 atom stereocenters. The monoisotopic (exact) mass is 291 g/mol. The molecule has 1 aliphatic carbocycles. The van der Waals surface area contributed by atoms with Gasteiger partial charge in [0.05, 0.1) is 5.69 Å². The molecule has 1 aliphatic rings. The third-order valence-electron chi connectivity index (χ3n) is 4.24. The normalized spacial score (nSPS) is 18.5. The number of hydrogen-bond donors (Lipinski definition) is 1. The second-order valence-corrected chi connectivity index (χ2v) is 6.95. The molecular weight excluding hydrogens is 262 g/mol. The van der Waals surface area contributed by atoms with Crippen LogP contribution >= 0.6 is 0 Å². The van der Waals surface area contributed by atoms with Gasteiger partial charge in [0.25, 0.3) is 0 Å². The van der Waals surface area contributed by atoms with Crippen LogP contribution in [-0.2, 0) is 15.8 Å². The van der Waals surface area contributed by atoms with Gasteiger partial charge in [0, 0.05) is 25.1 Å². The summed E-state index contributed by atoms with van der Waals surface area (Å²) in [5.74, 6) is 1.75. The highest BCUT2D eigenvalue weighted by Gasteiger charge is 2.38. The van der Waals surface area contributed by atoms with Crippen LogP contribution in [0.2, 0.25) is 0 Å². The van der Waals surface area contributed by atoms with Crippen molar-refractivity contribution in [1.82, 2.24) is 9.97 Å². The van der Waals surface area contributed by atoms with E-state index in [1.54, 1.807) is 0 Å². The molecule has 4 nitrogen and oxygen atoms in total. The van der Waals surface area contributed by atoms with Crippen LogP contribution in [0.4, 0.5) is 5.82 Å². The van der Waals surface area contributed by atoms with Crippen molar-refractivity contribution in [1.29, 1.82) is 0 Å². The van der Waals surface area contributed by atoms with E-state index in [1.165, 1.54) is 19.3 Å². The molecule has 0 unspecified atom stereocenters. The van der Waals surface area contributed by atoms with Crippen molar-refractivity contribution in [2.24, 2.45) is 0 Å². The van der Waals surface area contributed by atoms with Crippen molar-refractivity contribution in [2.45, 2.75) is 70.8 Å².